The van der Waals surface area contributed by atoms with Crippen molar-refractivity contribution in [1.82, 2.24) is 10.2 Å². The molecule has 1 N–H and O–H groups in total. The minimum Gasteiger partial charge on any atom is -0.448 e. The molecule has 0 radical (unpaired) electrons. The number of nitrogens with one attached hydrogen (secondary N) is 1. The molecule has 0 aromatic carbocycles. The second-order valence-corrected chi connectivity index (χ2v) is 4.98. The van der Waals surface area contributed by atoms with E-state index in [9.17, 15) is 0 Å². The summed E-state index contributed by atoms with van der Waals surface area (Å²) in [6, 6.07) is 4.05. The molecule has 6 heteroatoms. The molecule has 3 nitrogen and oxygen atoms in total. The lowest BCUT2D eigenvalue weighted by molar-refractivity contribution is 0.153. The summed E-state index contributed by atoms with van der Waals surface area (Å²) in [6.07, 6.45) is 0.920. The lowest BCUT2D eigenvalue weighted by Gasteiger charge is -2.33. The van der Waals surface area contributed by atoms with E-state index >= 15 is 0 Å². The molecule has 0 aliphatic carbocycles. The number of halogens is 3. The Morgan fingerprint density at radius 2 is 2.05 bits per heavy atom. The van der Waals surface area contributed by atoms with E-state index in [0.717, 1.165) is 38.4 Å². The summed E-state index contributed by atoms with van der Waals surface area (Å²) in [7, 11) is 0. The van der Waals surface area contributed by atoms with Gasteiger partial charge in [0.15, 0.2) is 5.22 Å². The predicted molar refractivity (Wildman–Crippen MR) is 84.8 cm³/mol. The maximum Gasteiger partial charge on any atom is 0.193 e. The molecule has 19 heavy (non-hydrogen) atoms. The molecule has 2 heterocycles. The highest BCUT2D eigenvalue weighted by molar-refractivity contribution is 6.28. The van der Waals surface area contributed by atoms with Gasteiger partial charge < -0.3 is 9.73 Å². The second kappa shape index (κ2) is 8.88. The number of hydrogen-bond acceptors (Lipinski definition) is 3. The van der Waals surface area contributed by atoms with Crippen molar-refractivity contribution in [2.75, 3.05) is 26.2 Å². The van der Waals surface area contributed by atoms with Crippen molar-refractivity contribution in [2.45, 2.75) is 19.4 Å². The van der Waals surface area contributed by atoms with Crippen LogP contribution in [0, 0.1) is 0 Å². The van der Waals surface area contributed by atoms with Gasteiger partial charge >= 0.3 is 0 Å². The SMILES string of the molecule is C=C(C)C[C@@H](c1ccc(Cl)o1)N1CCNCC1.Cl.Cl. The molecule has 2 rings (SSSR count). The summed E-state index contributed by atoms with van der Waals surface area (Å²) in [6.45, 7) is 10.2. The van der Waals surface area contributed by atoms with Gasteiger partial charge in [0.1, 0.15) is 5.76 Å². The van der Waals surface area contributed by atoms with Crippen LogP contribution >= 0.6 is 36.4 Å². The van der Waals surface area contributed by atoms with E-state index in [1.165, 1.54) is 5.57 Å². The Labute approximate surface area is 132 Å². The molecule has 0 amide bonds. The molecule has 1 aromatic heterocycles. The highest BCUT2D eigenvalue weighted by atomic mass is 35.5. The highest BCUT2D eigenvalue weighted by Gasteiger charge is 2.24. The van der Waals surface area contributed by atoms with Gasteiger partial charge in [-0.1, -0.05) is 5.57 Å². The standard InChI is InChI=1S/C13H19ClN2O.2ClH/c1-10(2)9-11(12-3-4-13(14)17-12)16-7-5-15-6-8-16;;/h3-4,11,15H,1,5-9H2,2H3;2*1H/t11-;;/m0../s1. The van der Waals surface area contributed by atoms with Crippen molar-refractivity contribution >= 4 is 36.4 Å². The first-order valence-corrected chi connectivity index (χ1v) is 6.39. The van der Waals surface area contributed by atoms with Crippen molar-refractivity contribution in [1.29, 1.82) is 0 Å². The van der Waals surface area contributed by atoms with E-state index in [-0.39, 0.29) is 30.9 Å². The van der Waals surface area contributed by atoms with Crippen LogP contribution in [0.25, 0.3) is 0 Å². The third-order valence-corrected chi connectivity index (χ3v) is 3.26. The van der Waals surface area contributed by atoms with Gasteiger partial charge in [0.2, 0.25) is 0 Å². The first kappa shape index (κ1) is 18.8. The molecule has 1 fully saturated rings. The summed E-state index contributed by atoms with van der Waals surface area (Å²) in [5.41, 5.74) is 1.17. The lowest BCUT2D eigenvalue weighted by Crippen LogP contribution is -2.45. The van der Waals surface area contributed by atoms with Crippen LogP contribution in [0.1, 0.15) is 25.1 Å². The van der Waals surface area contributed by atoms with Crippen LogP contribution in [0.3, 0.4) is 0 Å². The summed E-state index contributed by atoms with van der Waals surface area (Å²) in [5, 5.41) is 3.82. The molecule has 1 aliphatic rings. The van der Waals surface area contributed by atoms with Gasteiger partial charge in [-0.2, -0.15) is 0 Å². The van der Waals surface area contributed by atoms with Gasteiger partial charge in [-0.15, -0.1) is 31.4 Å². The molecule has 0 saturated carbocycles. The number of hydrogen-bond donors (Lipinski definition) is 1. The smallest absolute Gasteiger partial charge is 0.193 e. The summed E-state index contributed by atoms with van der Waals surface area (Å²) < 4.78 is 5.56. The number of piperazine rings is 1. The number of rotatable bonds is 4. The van der Waals surface area contributed by atoms with Crippen molar-refractivity contribution in [3.05, 3.63) is 35.3 Å². The van der Waals surface area contributed by atoms with Crippen LogP contribution in [0.5, 0.6) is 0 Å². The van der Waals surface area contributed by atoms with E-state index in [2.05, 4.69) is 23.7 Å². The normalized spacial score (nSPS) is 17.2. The van der Waals surface area contributed by atoms with Gasteiger partial charge in [0, 0.05) is 26.2 Å². The number of furan rings is 1. The van der Waals surface area contributed by atoms with Gasteiger partial charge in [-0.3, -0.25) is 4.90 Å². The summed E-state index contributed by atoms with van der Waals surface area (Å²) in [4.78, 5) is 2.43. The first-order chi connectivity index (χ1) is 8.16. The summed E-state index contributed by atoms with van der Waals surface area (Å²) in [5.74, 6) is 0.944. The fourth-order valence-corrected chi connectivity index (χ4v) is 2.39. The largest absolute Gasteiger partial charge is 0.448 e. The van der Waals surface area contributed by atoms with Crippen LogP contribution in [-0.4, -0.2) is 31.1 Å². The fraction of sp³-hybridized carbons (Fsp3) is 0.538. The molecule has 1 saturated heterocycles. The van der Waals surface area contributed by atoms with E-state index in [1.807, 2.05) is 12.1 Å². The van der Waals surface area contributed by atoms with Gasteiger partial charge in [-0.05, 0) is 37.1 Å². The average molecular weight is 328 g/mol. The minimum absolute atomic E-state index is 0. The molecule has 1 aliphatic heterocycles. The van der Waals surface area contributed by atoms with Crippen LogP contribution < -0.4 is 5.32 Å². The van der Waals surface area contributed by atoms with E-state index in [0.29, 0.717) is 5.22 Å². The topological polar surface area (TPSA) is 28.4 Å². The van der Waals surface area contributed by atoms with Crippen LogP contribution in [-0.2, 0) is 0 Å². The monoisotopic (exact) mass is 326 g/mol. The van der Waals surface area contributed by atoms with Crippen molar-refractivity contribution in [3.63, 3.8) is 0 Å². The Balaban J connectivity index is 0.00000162. The Morgan fingerprint density at radius 1 is 1.42 bits per heavy atom. The van der Waals surface area contributed by atoms with Gasteiger partial charge in [0.25, 0.3) is 0 Å². The molecule has 110 valence electrons. The molecule has 0 bridgehead atoms. The zero-order valence-corrected chi connectivity index (χ0v) is 13.4. The Kier molecular flexibility index (Phi) is 8.79. The van der Waals surface area contributed by atoms with Crippen molar-refractivity contribution in [3.8, 4) is 0 Å². The zero-order valence-electron chi connectivity index (χ0n) is 11.0. The average Bonchev–Trinajstić information content (AvgIpc) is 2.73. The van der Waals surface area contributed by atoms with Gasteiger partial charge in [0.05, 0.1) is 6.04 Å². The Hall–Kier alpha value is -0.190. The lowest BCUT2D eigenvalue weighted by atomic mass is 10.0. The third kappa shape index (κ3) is 5.36. The van der Waals surface area contributed by atoms with E-state index < -0.39 is 0 Å². The summed E-state index contributed by atoms with van der Waals surface area (Å²) >= 11 is 5.86. The predicted octanol–water partition coefficient (Wildman–Crippen LogP) is 3.69. The van der Waals surface area contributed by atoms with E-state index in [4.69, 9.17) is 16.0 Å². The van der Waals surface area contributed by atoms with Crippen molar-refractivity contribution < 1.29 is 4.42 Å². The molecule has 1 atom stereocenters. The molecule has 0 spiro atoms. The molecular formula is C13H21Cl3N2O. The van der Waals surface area contributed by atoms with E-state index in [1.54, 1.807) is 0 Å². The Bertz CT molecular complexity index is 389. The fourth-order valence-electron chi connectivity index (χ4n) is 2.24. The van der Waals surface area contributed by atoms with Crippen LogP contribution in [0.4, 0.5) is 0 Å². The van der Waals surface area contributed by atoms with Crippen molar-refractivity contribution in [2.24, 2.45) is 0 Å². The number of nitrogens with zero attached hydrogens (tertiary/aromatic N) is 1. The zero-order chi connectivity index (χ0) is 12.3. The molecular weight excluding hydrogens is 307 g/mol. The Morgan fingerprint density at radius 3 is 2.53 bits per heavy atom. The minimum atomic E-state index is 0. The van der Waals surface area contributed by atoms with Crippen LogP contribution in [0.2, 0.25) is 5.22 Å². The maximum atomic E-state index is 5.86. The maximum absolute atomic E-state index is 5.86. The van der Waals surface area contributed by atoms with Gasteiger partial charge in [-0.25, -0.2) is 0 Å². The second-order valence-electron chi connectivity index (χ2n) is 4.60. The quantitative estimate of drug-likeness (QED) is 0.855. The third-order valence-electron chi connectivity index (χ3n) is 3.06. The molecule has 0 unspecified atom stereocenters. The first-order valence-electron chi connectivity index (χ1n) is 6.01. The molecule has 1 aromatic rings. The van der Waals surface area contributed by atoms with Crippen LogP contribution in [0.15, 0.2) is 28.7 Å². The highest BCUT2D eigenvalue weighted by Crippen LogP contribution is 2.30.